The Hall–Kier alpha value is -3.21. The van der Waals surface area contributed by atoms with Gasteiger partial charge in [-0.25, -0.2) is 9.69 Å². The Labute approximate surface area is 157 Å². The molecule has 2 amide bonds. The summed E-state index contributed by atoms with van der Waals surface area (Å²) < 4.78 is 5.43. The predicted molar refractivity (Wildman–Crippen MR) is 100 cm³/mol. The molecular weight excluding hydrogens is 342 g/mol. The molecule has 1 saturated heterocycles. The SMILES string of the molecule is Cc1ccc(C(=O)Oc2cccc(N3C(=O)[C@H]4CC=CC[C@H]4C3=O)c2)cc1. The second-order valence-corrected chi connectivity index (χ2v) is 6.92. The quantitative estimate of drug-likeness (QED) is 0.362. The van der Waals surface area contributed by atoms with Gasteiger partial charge in [-0.3, -0.25) is 9.59 Å². The molecule has 2 aliphatic rings. The number of imide groups is 1. The van der Waals surface area contributed by atoms with Crippen molar-refractivity contribution in [3.8, 4) is 5.75 Å². The molecule has 1 aliphatic carbocycles. The zero-order valence-electron chi connectivity index (χ0n) is 14.9. The monoisotopic (exact) mass is 361 g/mol. The Kier molecular flexibility index (Phi) is 4.36. The zero-order valence-corrected chi connectivity index (χ0v) is 14.9. The first kappa shape index (κ1) is 17.2. The lowest BCUT2D eigenvalue weighted by Crippen LogP contribution is -2.30. The summed E-state index contributed by atoms with van der Waals surface area (Å²) in [5, 5.41) is 0. The second-order valence-electron chi connectivity index (χ2n) is 6.92. The number of anilines is 1. The van der Waals surface area contributed by atoms with Crippen LogP contribution in [0.25, 0.3) is 0 Å². The summed E-state index contributed by atoms with van der Waals surface area (Å²) in [6.07, 6.45) is 5.09. The number of amides is 2. The maximum absolute atomic E-state index is 12.7. The van der Waals surface area contributed by atoms with Gasteiger partial charge >= 0.3 is 5.97 Å². The van der Waals surface area contributed by atoms with E-state index in [0.29, 0.717) is 29.8 Å². The molecule has 2 atom stereocenters. The highest BCUT2D eigenvalue weighted by molar-refractivity contribution is 6.22. The van der Waals surface area contributed by atoms with E-state index in [2.05, 4.69) is 0 Å². The molecule has 0 spiro atoms. The van der Waals surface area contributed by atoms with Gasteiger partial charge in [0, 0.05) is 6.07 Å². The third-order valence-corrected chi connectivity index (χ3v) is 5.08. The third kappa shape index (κ3) is 3.16. The molecule has 5 nitrogen and oxygen atoms in total. The maximum atomic E-state index is 12.7. The molecule has 27 heavy (non-hydrogen) atoms. The molecule has 2 aromatic carbocycles. The van der Waals surface area contributed by atoms with Gasteiger partial charge in [0.2, 0.25) is 11.8 Å². The normalized spacial score (nSPS) is 21.3. The Morgan fingerprint density at radius 3 is 2.22 bits per heavy atom. The van der Waals surface area contributed by atoms with Crippen molar-refractivity contribution in [2.45, 2.75) is 19.8 Å². The van der Waals surface area contributed by atoms with Crippen LogP contribution in [-0.4, -0.2) is 17.8 Å². The number of fused-ring (bicyclic) bond motifs is 1. The Balaban J connectivity index is 1.56. The van der Waals surface area contributed by atoms with Crippen LogP contribution in [0.1, 0.15) is 28.8 Å². The molecule has 0 unspecified atom stereocenters. The second kappa shape index (κ2) is 6.83. The van der Waals surface area contributed by atoms with Gasteiger partial charge in [-0.1, -0.05) is 35.9 Å². The molecular formula is C22H19NO4. The lowest BCUT2D eigenvalue weighted by atomic mass is 9.85. The topological polar surface area (TPSA) is 63.7 Å². The number of hydrogen-bond donors (Lipinski definition) is 0. The summed E-state index contributed by atoms with van der Waals surface area (Å²) in [5.41, 5.74) is 1.93. The third-order valence-electron chi connectivity index (χ3n) is 5.08. The van der Waals surface area contributed by atoms with Crippen molar-refractivity contribution in [3.05, 3.63) is 71.8 Å². The van der Waals surface area contributed by atoms with E-state index in [-0.39, 0.29) is 23.7 Å². The number of rotatable bonds is 3. The molecule has 2 aromatic rings. The molecule has 1 fully saturated rings. The van der Waals surface area contributed by atoms with Crippen LogP contribution < -0.4 is 9.64 Å². The average molecular weight is 361 g/mol. The van der Waals surface area contributed by atoms with E-state index in [4.69, 9.17) is 4.74 Å². The molecule has 5 heteroatoms. The van der Waals surface area contributed by atoms with Crippen LogP contribution in [-0.2, 0) is 9.59 Å². The highest BCUT2D eigenvalue weighted by Gasteiger charge is 2.47. The molecule has 1 aliphatic heterocycles. The minimum Gasteiger partial charge on any atom is -0.423 e. The van der Waals surface area contributed by atoms with Crippen molar-refractivity contribution >= 4 is 23.5 Å². The standard InChI is InChI=1S/C22H19NO4/c1-14-9-11-15(12-10-14)22(26)27-17-6-4-5-16(13-17)23-20(24)18-7-2-3-8-19(18)21(23)25/h2-6,9-13,18-19H,7-8H2,1H3/t18-,19+. The fraction of sp³-hybridized carbons (Fsp3) is 0.227. The van der Waals surface area contributed by atoms with E-state index in [1.165, 1.54) is 4.90 Å². The maximum Gasteiger partial charge on any atom is 0.343 e. The average Bonchev–Trinajstić information content (AvgIpc) is 2.93. The van der Waals surface area contributed by atoms with Gasteiger partial charge in [-0.15, -0.1) is 0 Å². The smallest absolute Gasteiger partial charge is 0.343 e. The summed E-state index contributed by atoms with van der Waals surface area (Å²) in [5.74, 6) is -1.13. The van der Waals surface area contributed by atoms with Crippen LogP contribution in [0.15, 0.2) is 60.7 Å². The van der Waals surface area contributed by atoms with Crippen molar-refractivity contribution in [1.29, 1.82) is 0 Å². The predicted octanol–water partition coefficient (Wildman–Crippen LogP) is 3.67. The van der Waals surface area contributed by atoms with E-state index >= 15 is 0 Å². The van der Waals surface area contributed by atoms with Crippen molar-refractivity contribution in [2.75, 3.05) is 4.90 Å². The van der Waals surface area contributed by atoms with Crippen molar-refractivity contribution in [3.63, 3.8) is 0 Å². The van der Waals surface area contributed by atoms with Gasteiger partial charge in [0.1, 0.15) is 5.75 Å². The number of esters is 1. The van der Waals surface area contributed by atoms with Crippen LogP contribution >= 0.6 is 0 Å². The number of carbonyl (C=O) groups is 3. The van der Waals surface area contributed by atoms with Crippen molar-refractivity contribution < 1.29 is 19.1 Å². The lowest BCUT2D eigenvalue weighted by molar-refractivity contribution is -0.122. The minimum absolute atomic E-state index is 0.184. The summed E-state index contributed by atoms with van der Waals surface area (Å²) in [7, 11) is 0. The molecule has 0 aromatic heterocycles. The van der Waals surface area contributed by atoms with Crippen LogP contribution in [0.5, 0.6) is 5.75 Å². The molecule has 0 N–H and O–H groups in total. The number of nitrogens with zero attached hydrogens (tertiary/aromatic N) is 1. The Bertz CT molecular complexity index is 919. The molecule has 1 heterocycles. The van der Waals surface area contributed by atoms with Crippen LogP contribution in [0, 0.1) is 18.8 Å². The molecule has 0 bridgehead atoms. The van der Waals surface area contributed by atoms with Crippen molar-refractivity contribution in [1.82, 2.24) is 0 Å². The molecule has 4 rings (SSSR count). The van der Waals surface area contributed by atoms with Gasteiger partial charge in [-0.05, 0) is 44.0 Å². The van der Waals surface area contributed by atoms with Gasteiger partial charge in [0.05, 0.1) is 23.1 Å². The zero-order chi connectivity index (χ0) is 19.0. The summed E-state index contributed by atoms with van der Waals surface area (Å²) >= 11 is 0. The first-order chi connectivity index (χ1) is 13.0. The van der Waals surface area contributed by atoms with Crippen molar-refractivity contribution in [2.24, 2.45) is 11.8 Å². The molecule has 0 radical (unpaired) electrons. The Morgan fingerprint density at radius 2 is 1.59 bits per heavy atom. The number of allylic oxidation sites excluding steroid dienone is 2. The highest BCUT2D eigenvalue weighted by atomic mass is 16.5. The minimum atomic E-state index is -0.482. The van der Waals surface area contributed by atoms with E-state index < -0.39 is 5.97 Å². The van der Waals surface area contributed by atoms with Gasteiger partial charge in [-0.2, -0.15) is 0 Å². The fourth-order valence-electron chi connectivity index (χ4n) is 3.60. The van der Waals surface area contributed by atoms with Crippen LogP contribution in [0.4, 0.5) is 5.69 Å². The number of hydrogen-bond acceptors (Lipinski definition) is 4. The van der Waals surface area contributed by atoms with Gasteiger partial charge < -0.3 is 4.74 Å². The summed E-state index contributed by atoms with van der Waals surface area (Å²) in [4.78, 5) is 38.9. The van der Waals surface area contributed by atoms with Crippen LogP contribution in [0.3, 0.4) is 0 Å². The van der Waals surface area contributed by atoms with Crippen LogP contribution in [0.2, 0.25) is 0 Å². The fourth-order valence-corrected chi connectivity index (χ4v) is 3.60. The Morgan fingerprint density at radius 1 is 0.963 bits per heavy atom. The first-order valence-electron chi connectivity index (χ1n) is 8.96. The van der Waals surface area contributed by atoms with E-state index in [0.717, 1.165) is 5.56 Å². The number of aryl methyl sites for hydroxylation is 1. The van der Waals surface area contributed by atoms with E-state index in [1.807, 2.05) is 31.2 Å². The number of carbonyl (C=O) groups excluding carboxylic acids is 3. The van der Waals surface area contributed by atoms with E-state index in [9.17, 15) is 14.4 Å². The summed E-state index contributed by atoms with van der Waals surface area (Å²) in [6.45, 7) is 1.94. The highest BCUT2D eigenvalue weighted by Crippen LogP contribution is 2.38. The molecule has 0 saturated carbocycles. The van der Waals surface area contributed by atoms with E-state index in [1.54, 1.807) is 36.4 Å². The largest absolute Gasteiger partial charge is 0.423 e. The van der Waals surface area contributed by atoms with Gasteiger partial charge in [0.15, 0.2) is 0 Å². The molecule has 136 valence electrons. The number of ether oxygens (including phenoxy) is 1. The summed E-state index contributed by atoms with van der Waals surface area (Å²) in [6, 6.07) is 13.6. The lowest BCUT2D eigenvalue weighted by Gasteiger charge is -2.15. The van der Waals surface area contributed by atoms with Gasteiger partial charge in [0.25, 0.3) is 0 Å². The first-order valence-corrected chi connectivity index (χ1v) is 8.96. The number of benzene rings is 2.